The summed E-state index contributed by atoms with van der Waals surface area (Å²) in [6.07, 6.45) is 4.33. The predicted molar refractivity (Wildman–Crippen MR) is 93.0 cm³/mol. The summed E-state index contributed by atoms with van der Waals surface area (Å²) >= 11 is 5.67. The normalized spacial score (nSPS) is 23.7. The molecule has 0 aromatic rings. The van der Waals surface area contributed by atoms with Gasteiger partial charge in [-0.15, -0.1) is 11.6 Å². The fourth-order valence-electron chi connectivity index (χ4n) is 3.08. The molecule has 0 aromatic carbocycles. The van der Waals surface area contributed by atoms with Gasteiger partial charge in [0, 0.05) is 18.2 Å². The lowest BCUT2D eigenvalue weighted by Crippen LogP contribution is -2.26. The number of halogens is 1. The molecular formula is C16H20ClNO5S. The maximum absolute atomic E-state index is 11.5. The number of carboxylic acids is 1. The molecule has 132 valence electrons. The topological polar surface area (TPSA) is 93.0 Å². The Morgan fingerprint density at radius 1 is 1.46 bits per heavy atom. The number of hydrogen-bond donors (Lipinski definition) is 1. The van der Waals surface area contributed by atoms with E-state index < -0.39 is 22.2 Å². The zero-order valence-electron chi connectivity index (χ0n) is 13.6. The Kier molecular flexibility index (Phi) is 6.23. The molecule has 0 saturated heterocycles. The van der Waals surface area contributed by atoms with E-state index in [0.717, 1.165) is 19.3 Å². The van der Waals surface area contributed by atoms with E-state index in [9.17, 15) is 18.3 Å². The van der Waals surface area contributed by atoms with Crippen molar-refractivity contribution in [1.82, 2.24) is 0 Å². The first kappa shape index (κ1) is 18.7. The van der Waals surface area contributed by atoms with Gasteiger partial charge in [-0.1, -0.05) is 12.1 Å². The van der Waals surface area contributed by atoms with Gasteiger partial charge in [-0.25, -0.2) is 4.79 Å². The van der Waals surface area contributed by atoms with E-state index in [0.29, 0.717) is 29.2 Å². The summed E-state index contributed by atoms with van der Waals surface area (Å²) in [6.45, 7) is 3.42. The van der Waals surface area contributed by atoms with E-state index in [-0.39, 0.29) is 16.5 Å². The zero-order valence-corrected chi connectivity index (χ0v) is 15.2. The monoisotopic (exact) mass is 373 g/mol. The Morgan fingerprint density at radius 2 is 2.17 bits per heavy atom. The number of alkyl halides is 1. The van der Waals surface area contributed by atoms with Crippen LogP contribution >= 0.6 is 11.6 Å². The molecule has 0 spiro atoms. The number of hydrogen-bond acceptors (Lipinski definition) is 5. The van der Waals surface area contributed by atoms with E-state index in [4.69, 9.17) is 16.4 Å². The van der Waals surface area contributed by atoms with Crippen LogP contribution in [0.3, 0.4) is 0 Å². The molecule has 2 unspecified atom stereocenters. The van der Waals surface area contributed by atoms with Crippen molar-refractivity contribution in [3.8, 4) is 0 Å². The summed E-state index contributed by atoms with van der Waals surface area (Å²) in [5.74, 6) is -1.00. The lowest BCUT2D eigenvalue weighted by atomic mass is 9.80. The Balaban J connectivity index is 2.31. The first-order valence-corrected chi connectivity index (χ1v) is 9.39. The fourth-order valence-corrected chi connectivity index (χ4v) is 3.89. The van der Waals surface area contributed by atoms with E-state index in [1.54, 1.807) is 13.8 Å². The molecule has 6 nitrogen and oxygen atoms in total. The molecule has 1 heterocycles. The molecule has 2 rings (SSSR count). The molecule has 0 saturated carbocycles. The van der Waals surface area contributed by atoms with Crippen LogP contribution < -0.4 is 0 Å². The number of allylic oxidation sites excluding steroid dienone is 2. The fraction of sp³-hybridized carbons (Fsp3) is 0.562. The molecule has 1 aliphatic carbocycles. The van der Waals surface area contributed by atoms with Gasteiger partial charge in [0.15, 0.2) is 0 Å². The van der Waals surface area contributed by atoms with Gasteiger partial charge in [0.25, 0.3) is 0 Å². The molecular weight excluding hydrogens is 354 g/mol. The first-order valence-electron chi connectivity index (χ1n) is 7.78. The highest BCUT2D eigenvalue weighted by molar-refractivity contribution is 7.73. The Morgan fingerprint density at radius 3 is 2.75 bits per heavy atom. The van der Waals surface area contributed by atoms with Crippen molar-refractivity contribution >= 4 is 38.4 Å². The van der Waals surface area contributed by atoms with Gasteiger partial charge >= 0.3 is 5.97 Å². The number of unbranched alkanes of at least 4 members (excludes halogenated alkanes) is 1. The highest BCUT2D eigenvalue weighted by Crippen LogP contribution is 2.33. The van der Waals surface area contributed by atoms with E-state index >= 15 is 0 Å². The third-order valence-electron chi connectivity index (χ3n) is 4.33. The Bertz CT molecular complexity index is 755. The second kappa shape index (κ2) is 7.98. The standard InChI is InChI=1S/C16H20ClNO5S/c1-9-12(16(19)20)8-14(24(21)22)10(2)15(9)13-7-11(23-18-13)5-3-4-6-17/h8,10-11H,3-7H2,1-2H3,(H,19,20). The van der Waals surface area contributed by atoms with Crippen molar-refractivity contribution in [2.75, 3.05) is 5.88 Å². The molecule has 2 aliphatic rings. The summed E-state index contributed by atoms with van der Waals surface area (Å²) in [7, 11) is -2.49. The molecule has 8 heteroatoms. The number of rotatable bonds is 6. The number of carboxylic acid groups (broad SMARTS) is 1. The van der Waals surface area contributed by atoms with Gasteiger partial charge in [-0.2, -0.15) is 8.42 Å². The van der Waals surface area contributed by atoms with Gasteiger partial charge in [-0.05, 0) is 43.4 Å². The van der Waals surface area contributed by atoms with Crippen molar-refractivity contribution in [3.63, 3.8) is 0 Å². The van der Waals surface area contributed by atoms with Crippen molar-refractivity contribution in [2.45, 2.75) is 45.6 Å². The molecule has 0 aromatic heterocycles. The minimum Gasteiger partial charge on any atom is -0.478 e. The van der Waals surface area contributed by atoms with Crippen LogP contribution in [0, 0.1) is 5.92 Å². The Hall–Kier alpha value is -1.60. The first-order chi connectivity index (χ1) is 11.4. The summed E-state index contributed by atoms with van der Waals surface area (Å²) in [5, 5.41) is 13.4. The second-order valence-corrected chi connectivity index (χ2v) is 7.23. The molecule has 24 heavy (non-hydrogen) atoms. The van der Waals surface area contributed by atoms with Gasteiger partial charge < -0.3 is 9.94 Å². The maximum atomic E-state index is 11.5. The van der Waals surface area contributed by atoms with Crippen LogP contribution in [-0.4, -0.2) is 42.1 Å². The van der Waals surface area contributed by atoms with Crippen LogP contribution in [0.5, 0.6) is 0 Å². The van der Waals surface area contributed by atoms with Gasteiger partial charge in [0.1, 0.15) is 6.10 Å². The summed E-state index contributed by atoms with van der Waals surface area (Å²) in [6, 6.07) is 0. The van der Waals surface area contributed by atoms with Crippen LogP contribution in [-0.2, 0) is 19.9 Å². The molecule has 0 fully saturated rings. The molecule has 0 bridgehead atoms. The second-order valence-electron chi connectivity index (χ2n) is 5.91. The van der Waals surface area contributed by atoms with Gasteiger partial charge in [0.05, 0.1) is 16.1 Å². The third kappa shape index (κ3) is 3.89. The number of carbonyl (C=O) groups is 1. The van der Waals surface area contributed by atoms with Crippen LogP contribution in [0.4, 0.5) is 0 Å². The molecule has 1 N–H and O–H groups in total. The van der Waals surface area contributed by atoms with E-state index in [1.807, 2.05) is 0 Å². The minimum absolute atomic E-state index is 0.0180. The van der Waals surface area contributed by atoms with E-state index in [1.165, 1.54) is 6.08 Å². The van der Waals surface area contributed by atoms with Crippen LogP contribution in [0.2, 0.25) is 0 Å². The van der Waals surface area contributed by atoms with Crippen molar-refractivity contribution in [3.05, 3.63) is 22.8 Å². The zero-order chi connectivity index (χ0) is 17.9. The third-order valence-corrected chi connectivity index (χ3v) is 5.45. The predicted octanol–water partition coefficient (Wildman–Crippen LogP) is 2.57. The molecule has 2 atom stereocenters. The summed E-state index contributed by atoms with van der Waals surface area (Å²) in [5.41, 5.74) is 1.78. The number of oxime groups is 1. The Labute approximate surface area is 147 Å². The van der Waals surface area contributed by atoms with Crippen molar-refractivity contribution < 1.29 is 23.2 Å². The van der Waals surface area contributed by atoms with E-state index in [2.05, 4.69) is 5.16 Å². The summed E-state index contributed by atoms with van der Waals surface area (Å²) in [4.78, 5) is 16.9. The van der Waals surface area contributed by atoms with Crippen LogP contribution in [0.1, 0.15) is 39.5 Å². The minimum atomic E-state index is -2.49. The maximum Gasteiger partial charge on any atom is 0.336 e. The molecule has 1 aliphatic heterocycles. The van der Waals surface area contributed by atoms with Crippen molar-refractivity contribution in [1.29, 1.82) is 0 Å². The quantitative estimate of drug-likeness (QED) is 0.438. The average molecular weight is 374 g/mol. The largest absolute Gasteiger partial charge is 0.478 e. The van der Waals surface area contributed by atoms with Gasteiger partial charge in [-0.3, -0.25) is 0 Å². The van der Waals surface area contributed by atoms with Crippen LogP contribution in [0.15, 0.2) is 28.0 Å². The average Bonchev–Trinajstić information content (AvgIpc) is 2.95. The molecule has 0 amide bonds. The smallest absolute Gasteiger partial charge is 0.336 e. The highest BCUT2D eigenvalue weighted by atomic mass is 35.5. The number of aliphatic carboxylic acids is 1. The van der Waals surface area contributed by atoms with Crippen molar-refractivity contribution in [2.24, 2.45) is 11.1 Å². The molecule has 0 radical (unpaired) electrons. The lowest BCUT2D eigenvalue weighted by molar-refractivity contribution is -0.132. The van der Waals surface area contributed by atoms with Crippen LogP contribution in [0.25, 0.3) is 0 Å². The SMILES string of the molecule is CC1=C(C2=NOC(CCCCCl)C2)C(C)C(=S(=O)=O)C=C1C(=O)O. The summed E-state index contributed by atoms with van der Waals surface area (Å²) < 4.78 is 22.9. The number of nitrogens with zero attached hydrogens (tertiary/aromatic N) is 1. The highest BCUT2D eigenvalue weighted by Gasteiger charge is 2.34. The lowest BCUT2D eigenvalue weighted by Gasteiger charge is -2.23. The van der Waals surface area contributed by atoms with Gasteiger partial charge in [0.2, 0.25) is 10.3 Å².